The molecule has 0 spiro atoms. The molecule has 0 aliphatic heterocycles. The van der Waals surface area contributed by atoms with Crippen molar-refractivity contribution in [3.8, 4) is 39.1 Å². The molecule has 0 atom stereocenters. The van der Waals surface area contributed by atoms with Crippen LogP contribution in [-0.4, -0.2) is 25.6 Å². The van der Waals surface area contributed by atoms with Crippen molar-refractivity contribution >= 4 is 21.5 Å². The van der Waals surface area contributed by atoms with Crippen molar-refractivity contribution in [3.63, 3.8) is 0 Å². The lowest BCUT2D eigenvalue weighted by Crippen LogP contribution is -2.33. The van der Waals surface area contributed by atoms with E-state index in [9.17, 15) is 0 Å². The van der Waals surface area contributed by atoms with Gasteiger partial charge in [0.2, 0.25) is 0 Å². The second-order valence-corrected chi connectivity index (χ2v) is 15.2. The average Bonchev–Trinajstić information content (AvgIpc) is 3.03. The van der Waals surface area contributed by atoms with E-state index in [0.717, 1.165) is 54.8 Å². The van der Waals surface area contributed by atoms with E-state index in [4.69, 9.17) is 0 Å². The highest BCUT2D eigenvalue weighted by Gasteiger charge is 2.26. The van der Waals surface area contributed by atoms with E-state index in [1.165, 1.54) is 33.4 Å². The first-order chi connectivity index (χ1) is 22.4. The largest absolute Gasteiger partial charge is 0.872 e. The van der Waals surface area contributed by atoms with Crippen LogP contribution in [0.15, 0.2) is 103 Å². The van der Waals surface area contributed by atoms with E-state index >= 15 is 5.11 Å². The third-order valence-corrected chi connectivity index (χ3v) is 9.53. The molecular formula is C45H49NO. The van der Waals surface area contributed by atoms with Crippen LogP contribution in [0.4, 0.5) is 0 Å². The van der Waals surface area contributed by atoms with Crippen molar-refractivity contribution in [2.24, 2.45) is 0 Å². The minimum atomic E-state index is 0.114. The van der Waals surface area contributed by atoms with Gasteiger partial charge in [0.15, 0.2) is 0 Å². The van der Waals surface area contributed by atoms with Crippen LogP contribution in [0.2, 0.25) is 0 Å². The Bertz CT molecular complexity index is 2050. The number of rotatable bonds is 8. The Morgan fingerprint density at radius 2 is 1.02 bits per heavy atom. The molecule has 0 aliphatic rings. The van der Waals surface area contributed by atoms with Crippen LogP contribution in [0, 0.1) is 0 Å². The number of hydrogen-bond acceptors (Lipinski definition) is 1. The molecule has 0 amide bonds. The van der Waals surface area contributed by atoms with Gasteiger partial charge in [-0.05, 0) is 102 Å². The smallest absolute Gasteiger partial charge is 0.105 e. The number of quaternary nitrogens is 1. The molecule has 6 aromatic carbocycles. The molecule has 0 saturated carbocycles. The van der Waals surface area contributed by atoms with Crippen LogP contribution in [0.5, 0.6) is 5.75 Å². The molecule has 0 bridgehead atoms. The zero-order valence-electron chi connectivity index (χ0n) is 29.6. The van der Waals surface area contributed by atoms with Gasteiger partial charge in [-0.3, -0.25) is 0 Å². The minimum absolute atomic E-state index is 0.114. The van der Waals surface area contributed by atoms with Crippen molar-refractivity contribution in [1.82, 2.24) is 0 Å². The second-order valence-electron chi connectivity index (χ2n) is 15.2. The highest BCUT2D eigenvalue weighted by atomic mass is 16.3. The molecule has 0 aromatic heterocycles. The maximum absolute atomic E-state index is 15.6. The summed E-state index contributed by atoms with van der Waals surface area (Å²) in [5.41, 5.74) is 11.2. The number of fused-ring (bicyclic) bond motifs is 2. The van der Waals surface area contributed by atoms with E-state index in [2.05, 4.69) is 166 Å². The average molecular weight is 620 g/mol. The van der Waals surface area contributed by atoms with Gasteiger partial charge in [-0.1, -0.05) is 138 Å². The lowest BCUT2D eigenvalue weighted by atomic mass is 9.79. The number of nitrogens with zero attached hydrogens (tertiary/aromatic N) is 1. The van der Waals surface area contributed by atoms with Gasteiger partial charge in [0.1, 0.15) is 6.54 Å². The van der Waals surface area contributed by atoms with Gasteiger partial charge in [0, 0.05) is 5.56 Å². The molecule has 0 saturated heterocycles. The zero-order valence-corrected chi connectivity index (χ0v) is 29.6. The van der Waals surface area contributed by atoms with Crippen LogP contribution >= 0.6 is 0 Å². The predicted octanol–water partition coefficient (Wildman–Crippen LogP) is 11.6. The van der Waals surface area contributed by atoms with E-state index in [1.807, 2.05) is 0 Å². The molecule has 0 N–H and O–H groups in total. The summed E-state index contributed by atoms with van der Waals surface area (Å²) in [5.74, 6) is 1.06. The first kappa shape index (κ1) is 32.5. The lowest BCUT2D eigenvalue weighted by molar-refractivity contribution is -0.883. The molecule has 0 unspecified atom stereocenters. The minimum Gasteiger partial charge on any atom is -0.872 e. The Morgan fingerprint density at radius 1 is 0.532 bits per heavy atom. The van der Waals surface area contributed by atoms with Crippen molar-refractivity contribution < 1.29 is 9.59 Å². The molecule has 2 nitrogen and oxygen atoms in total. The van der Waals surface area contributed by atoms with Gasteiger partial charge >= 0.3 is 0 Å². The fourth-order valence-electron chi connectivity index (χ4n) is 7.22. The van der Waals surface area contributed by atoms with Crippen LogP contribution in [-0.2, 0) is 6.54 Å². The Morgan fingerprint density at radius 3 is 1.53 bits per heavy atom. The van der Waals surface area contributed by atoms with Crippen LogP contribution in [0.1, 0.15) is 81.5 Å². The predicted molar refractivity (Wildman–Crippen MR) is 201 cm³/mol. The van der Waals surface area contributed by atoms with Gasteiger partial charge < -0.3 is 9.59 Å². The Kier molecular flexibility index (Phi) is 8.76. The van der Waals surface area contributed by atoms with Gasteiger partial charge in [0.05, 0.1) is 21.1 Å². The van der Waals surface area contributed by atoms with Crippen LogP contribution < -0.4 is 5.11 Å². The van der Waals surface area contributed by atoms with Crippen molar-refractivity contribution in [3.05, 3.63) is 125 Å². The summed E-state index contributed by atoms with van der Waals surface area (Å²) in [7, 11) is 6.71. The molecule has 0 radical (unpaired) electrons. The van der Waals surface area contributed by atoms with Crippen LogP contribution in [0.3, 0.4) is 0 Å². The Labute approximate surface area is 281 Å². The molecule has 240 valence electrons. The van der Waals surface area contributed by atoms with Crippen molar-refractivity contribution in [1.29, 1.82) is 0 Å². The third kappa shape index (κ3) is 6.20. The monoisotopic (exact) mass is 619 g/mol. The van der Waals surface area contributed by atoms with E-state index < -0.39 is 0 Å². The highest BCUT2D eigenvalue weighted by Crippen LogP contribution is 2.50. The summed E-state index contributed by atoms with van der Waals surface area (Å²) in [6.07, 6.45) is 0. The first-order valence-electron chi connectivity index (χ1n) is 17.2. The Balaban J connectivity index is 1.83. The van der Waals surface area contributed by atoms with Crippen molar-refractivity contribution in [2.45, 2.75) is 65.8 Å². The molecule has 47 heavy (non-hydrogen) atoms. The maximum Gasteiger partial charge on any atom is 0.105 e. The normalized spacial score (nSPS) is 12.3. The van der Waals surface area contributed by atoms with E-state index in [-0.39, 0.29) is 17.6 Å². The summed E-state index contributed by atoms with van der Waals surface area (Å²) >= 11 is 0. The molecule has 6 aromatic rings. The first-order valence-corrected chi connectivity index (χ1v) is 17.2. The third-order valence-electron chi connectivity index (χ3n) is 9.53. The zero-order chi connectivity index (χ0) is 33.6. The number of hydrogen-bond donors (Lipinski definition) is 0. The van der Waals surface area contributed by atoms with Gasteiger partial charge in [-0.15, -0.1) is 0 Å². The second kappa shape index (κ2) is 12.7. The topological polar surface area (TPSA) is 23.1 Å². The van der Waals surface area contributed by atoms with Gasteiger partial charge in [-0.25, -0.2) is 0 Å². The van der Waals surface area contributed by atoms with Gasteiger partial charge in [0.25, 0.3) is 0 Å². The lowest BCUT2D eigenvalue weighted by Gasteiger charge is -2.32. The maximum atomic E-state index is 15.6. The molecule has 0 fully saturated rings. The van der Waals surface area contributed by atoms with Crippen LogP contribution in [0.25, 0.3) is 54.9 Å². The molecule has 0 heterocycles. The summed E-state index contributed by atoms with van der Waals surface area (Å²) in [6, 6.07) is 37.0. The van der Waals surface area contributed by atoms with E-state index in [0.29, 0.717) is 5.92 Å². The SMILES string of the molecule is CC(C)c1cc(C(C)C)c(-c2cc3ccccc3c(-c3c(C[N+](C)(C)C)c(-c4ccccc4)cc4ccccc34)c2[O-])c(C(C)C)c1. The fraction of sp³-hybridized carbons (Fsp3) is 0.289. The summed E-state index contributed by atoms with van der Waals surface area (Å²) < 4.78 is 0.739. The fourth-order valence-corrected chi connectivity index (χ4v) is 7.22. The quantitative estimate of drug-likeness (QED) is 0.155. The summed E-state index contributed by atoms with van der Waals surface area (Å²) in [4.78, 5) is 0. The molecule has 0 aliphatic carbocycles. The van der Waals surface area contributed by atoms with Gasteiger partial charge in [-0.2, -0.15) is 0 Å². The number of benzene rings is 6. The standard InChI is InChI=1S/C45H49NO/c1-28(2)34-25-37(29(3)4)42(38(26-34)30(5)6)40-24-33-20-14-16-22-36(33)44(45(40)47)43-35-21-15-13-19-32(35)23-39(31-17-11-10-12-18-31)41(43)27-46(7,8)9/h10-26,28-30H,27H2,1-9H3. The highest BCUT2D eigenvalue weighted by molar-refractivity contribution is 6.13. The molecular weight excluding hydrogens is 571 g/mol. The molecule has 2 heteroatoms. The van der Waals surface area contributed by atoms with Crippen molar-refractivity contribution in [2.75, 3.05) is 21.1 Å². The summed E-state index contributed by atoms with van der Waals surface area (Å²) in [5, 5.41) is 19.9. The summed E-state index contributed by atoms with van der Waals surface area (Å²) in [6.45, 7) is 14.3. The Hall–Kier alpha value is -4.40. The molecule has 6 rings (SSSR count). The van der Waals surface area contributed by atoms with E-state index in [1.54, 1.807) is 0 Å².